The van der Waals surface area contributed by atoms with Crippen LogP contribution >= 0.6 is 0 Å². The van der Waals surface area contributed by atoms with Gasteiger partial charge in [0.15, 0.2) is 6.04 Å². The molecule has 18 heavy (non-hydrogen) atoms. The molecule has 1 aromatic carbocycles. The molecule has 0 N–H and O–H groups in total. The molecule has 0 aromatic heterocycles. The van der Waals surface area contributed by atoms with Crippen molar-refractivity contribution in [2.24, 2.45) is 4.99 Å². The number of allylic oxidation sites excluding steroid dienone is 1. The molecule has 1 aliphatic heterocycles. The third kappa shape index (κ3) is 2.64. The zero-order valence-electron chi connectivity index (χ0n) is 10.2. The summed E-state index contributed by atoms with van der Waals surface area (Å²) in [7, 11) is 1.69. The molecule has 1 aliphatic rings. The number of rotatable bonds is 4. The van der Waals surface area contributed by atoms with Gasteiger partial charge in [0.1, 0.15) is 0 Å². The van der Waals surface area contributed by atoms with Crippen molar-refractivity contribution in [3.05, 3.63) is 41.5 Å². The van der Waals surface area contributed by atoms with Gasteiger partial charge in [0.05, 0.1) is 13.0 Å². The molecule has 0 fully saturated rings. The standard InChI is InChI=1S/C14H15FN2O/c1-17-10-16-13(14(17)18)12-7-4-6-11(9-12)5-2-3-8-15/h2,4-7,9-10,13H,3,8H2,1H3/b5-2+. The lowest BCUT2D eigenvalue weighted by Crippen LogP contribution is -2.22. The summed E-state index contributed by atoms with van der Waals surface area (Å²) in [6.07, 6.45) is 5.59. The molecule has 94 valence electrons. The maximum Gasteiger partial charge on any atom is 0.256 e. The van der Waals surface area contributed by atoms with Gasteiger partial charge in [-0.2, -0.15) is 0 Å². The average molecular weight is 246 g/mol. The molecule has 4 heteroatoms. The third-order valence-corrected chi connectivity index (χ3v) is 2.78. The summed E-state index contributed by atoms with van der Waals surface area (Å²) in [4.78, 5) is 17.5. The lowest BCUT2D eigenvalue weighted by atomic mass is 10.0. The van der Waals surface area contributed by atoms with Crippen molar-refractivity contribution in [2.75, 3.05) is 13.7 Å². The highest BCUT2D eigenvalue weighted by molar-refractivity contribution is 5.97. The van der Waals surface area contributed by atoms with E-state index in [-0.39, 0.29) is 12.6 Å². The maximum atomic E-state index is 12.0. The minimum Gasteiger partial charge on any atom is -0.304 e. The van der Waals surface area contributed by atoms with Crippen LogP contribution in [0.2, 0.25) is 0 Å². The fourth-order valence-corrected chi connectivity index (χ4v) is 1.82. The van der Waals surface area contributed by atoms with Crippen LogP contribution in [0.1, 0.15) is 23.6 Å². The van der Waals surface area contributed by atoms with Crippen LogP contribution in [0.3, 0.4) is 0 Å². The smallest absolute Gasteiger partial charge is 0.256 e. The lowest BCUT2D eigenvalue weighted by Gasteiger charge is -2.09. The van der Waals surface area contributed by atoms with Crippen molar-refractivity contribution in [3.63, 3.8) is 0 Å². The summed E-state index contributed by atoms with van der Waals surface area (Å²) in [6, 6.07) is 7.15. The van der Waals surface area contributed by atoms with Crippen LogP contribution in [0.15, 0.2) is 35.3 Å². The van der Waals surface area contributed by atoms with Gasteiger partial charge >= 0.3 is 0 Å². The number of nitrogens with zero attached hydrogens (tertiary/aromatic N) is 2. The molecule has 1 amide bonds. The molecule has 0 saturated heterocycles. The lowest BCUT2D eigenvalue weighted by molar-refractivity contribution is -0.126. The van der Waals surface area contributed by atoms with Crippen LogP contribution in [0.5, 0.6) is 0 Å². The van der Waals surface area contributed by atoms with Crippen LogP contribution in [0.25, 0.3) is 6.08 Å². The predicted molar refractivity (Wildman–Crippen MR) is 70.1 cm³/mol. The highest BCUT2D eigenvalue weighted by Gasteiger charge is 2.26. The maximum absolute atomic E-state index is 12.0. The van der Waals surface area contributed by atoms with E-state index in [0.717, 1.165) is 11.1 Å². The topological polar surface area (TPSA) is 32.7 Å². The van der Waals surface area contributed by atoms with Crippen molar-refractivity contribution in [3.8, 4) is 0 Å². The van der Waals surface area contributed by atoms with E-state index < -0.39 is 6.04 Å². The van der Waals surface area contributed by atoms with Crippen molar-refractivity contribution >= 4 is 18.3 Å². The van der Waals surface area contributed by atoms with Gasteiger partial charge in [-0.05, 0) is 23.6 Å². The first kappa shape index (κ1) is 12.5. The molecule has 0 spiro atoms. The Morgan fingerprint density at radius 3 is 3.00 bits per heavy atom. The molecule has 2 rings (SSSR count). The fraction of sp³-hybridized carbons (Fsp3) is 0.286. The molecule has 0 saturated carbocycles. The van der Waals surface area contributed by atoms with E-state index in [0.29, 0.717) is 6.42 Å². The number of likely N-dealkylation sites (N-methyl/N-ethyl adjacent to an activating group) is 1. The highest BCUT2D eigenvalue weighted by Crippen LogP contribution is 2.24. The number of carbonyl (C=O) groups is 1. The summed E-state index contributed by atoms with van der Waals surface area (Å²) in [6.45, 7) is -0.355. The Balaban J connectivity index is 2.17. The van der Waals surface area contributed by atoms with Crippen molar-refractivity contribution in [1.82, 2.24) is 4.90 Å². The van der Waals surface area contributed by atoms with Crippen LogP contribution in [0.4, 0.5) is 4.39 Å². The second kappa shape index (κ2) is 5.58. The highest BCUT2D eigenvalue weighted by atomic mass is 19.1. The molecule has 3 nitrogen and oxygen atoms in total. The van der Waals surface area contributed by atoms with Gasteiger partial charge in [-0.25, -0.2) is 0 Å². The minimum atomic E-state index is -0.440. The predicted octanol–water partition coefficient (Wildman–Crippen LogP) is 2.60. The molecule has 0 radical (unpaired) electrons. The van der Waals surface area contributed by atoms with E-state index in [1.807, 2.05) is 30.3 Å². The normalized spacial score (nSPS) is 19.1. The van der Waals surface area contributed by atoms with E-state index >= 15 is 0 Å². The first-order chi connectivity index (χ1) is 8.72. The summed E-state index contributed by atoms with van der Waals surface area (Å²) in [5.41, 5.74) is 1.82. The largest absolute Gasteiger partial charge is 0.304 e. The number of aliphatic imine (C=N–C) groups is 1. The number of carbonyl (C=O) groups excluding carboxylic acids is 1. The van der Waals surface area contributed by atoms with Crippen molar-refractivity contribution < 1.29 is 9.18 Å². The second-order valence-corrected chi connectivity index (χ2v) is 4.17. The van der Waals surface area contributed by atoms with E-state index in [1.165, 1.54) is 4.90 Å². The molecule has 0 bridgehead atoms. The fourth-order valence-electron chi connectivity index (χ4n) is 1.82. The molecular formula is C14H15FN2O. The number of amides is 1. The number of halogens is 1. The number of hydrogen-bond donors (Lipinski definition) is 0. The van der Waals surface area contributed by atoms with Crippen LogP contribution in [-0.4, -0.2) is 30.9 Å². The number of benzene rings is 1. The average Bonchev–Trinajstić information content (AvgIpc) is 2.71. The number of hydrogen-bond acceptors (Lipinski definition) is 2. The number of alkyl halides is 1. The Labute approximate surface area is 106 Å². The molecule has 1 atom stereocenters. The minimum absolute atomic E-state index is 0.0279. The third-order valence-electron chi connectivity index (χ3n) is 2.78. The zero-order valence-corrected chi connectivity index (χ0v) is 10.2. The Kier molecular flexibility index (Phi) is 3.87. The van der Waals surface area contributed by atoms with Crippen LogP contribution in [-0.2, 0) is 4.79 Å². The molecule has 1 unspecified atom stereocenters. The molecule has 1 aromatic rings. The second-order valence-electron chi connectivity index (χ2n) is 4.17. The SMILES string of the molecule is CN1C=NC(c2cccc(/C=C/CCF)c2)C1=O. The Morgan fingerprint density at radius 1 is 1.50 bits per heavy atom. The van der Waals surface area contributed by atoms with E-state index in [9.17, 15) is 9.18 Å². The van der Waals surface area contributed by atoms with Gasteiger partial charge in [-0.1, -0.05) is 30.4 Å². The van der Waals surface area contributed by atoms with Gasteiger partial charge in [-0.3, -0.25) is 14.2 Å². The Bertz CT molecular complexity index is 496. The van der Waals surface area contributed by atoms with Crippen LogP contribution in [0, 0.1) is 0 Å². The Morgan fingerprint density at radius 2 is 2.33 bits per heavy atom. The van der Waals surface area contributed by atoms with E-state index in [4.69, 9.17) is 0 Å². The summed E-state index contributed by atoms with van der Waals surface area (Å²) in [5, 5.41) is 0. The first-order valence-electron chi connectivity index (χ1n) is 5.85. The van der Waals surface area contributed by atoms with Crippen LogP contribution < -0.4 is 0 Å². The van der Waals surface area contributed by atoms with Crippen molar-refractivity contribution in [2.45, 2.75) is 12.5 Å². The quantitative estimate of drug-likeness (QED) is 0.803. The van der Waals surface area contributed by atoms with Gasteiger partial charge in [0.2, 0.25) is 0 Å². The van der Waals surface area contributed by atoms with Gasteiger partial charge < -0.3 is 4.90 Å². The molecule has 0 aliphatic carbocycles. The summed E-state index contributed by atoms with van der Waals surface area (Å²) >= 11 is 0. The zero-order chi connectivity index (χ0) is 13.0. The Hall–Kier alpha value is -1.97. The van der Waals surface area contributed by atoms with Gasteiger partial charge in [-0.15, -0.1) is 0 Å². The van der Waals surface area contributed by atoms with Gasteiger partial charge in [0, 0.05) is 7.05 Å². The molecular weight excluding hydrogens is 231 g/mol. The monoisotopic (exact) mass is 246 g/mol. The van der Waals surface area contributed by atoms with Crippen molar-refractivity contribution in [1.29, 1.82) is 0 Å². The first-order valence-corrected chi connectivity index (χ1v) is 5.85. The van der Waals surface area contributed by atoms with E-state index in [2.05, 4.69) is 4.99 Å². The van der Waals surface area contributed by atoms with E-state index in [1.54, 1.807) is 19.5 Å². The van der Waals surface area contributed by atoms with Gasteiger partial charge in [0.25, 0.3) is 5.91 Å². The summed E-state index contributed by atoms with van der Waals surface area (Å²) in [5.74, 6) is -0.0279. The molecule has 1 heterocycles. The summed E-state index contributed by atoms with van der Waals surface area (Å²) < 4.78 is 12.0.